The molecule has 0 aliphatic heterocycles. The Hall–Kier alpha value is -0.260. The minimum atomic E-state index is -0.525. The quantitative estimate of drug-likeness (QED) is 0.482. The molecule has 12 heavy (non-hydrogen) atoms. The Morgan fingerprint density at radius 1 is 1.50 bits per heavy atom. The van der Waals surface area contributed by atoms with E-state index in [1.807, 2.05) is 6.92 Å². The average molecular weight is 191 g/mol. The predicted molar refractivity (Wildman–Crippen MR) is 52.8 cm³/mol. The number of carbonyl (C=O) groups excluding carboxylic acids is 1. The van der Waals surface area contributed by atoms with Gasteiger partial charge in [-0.25, -0.2) is 0 Å². The molecule has 2 atom stereocenters. The van der Waals surface area contributed by atoms with E-state index in [9.17, 15) is 4.79 Å². The Labute approximate surface area is 77.2 Å². The molecule has 0 bridgehead atoms. The van der Waals surface area contributed by atoms with E-state index in [0.29, 0.717) is 5.75 Å². The average Bonchev–Trinajstić information content (AvgIpc) is 1.97. The van der Waals surface area contributed by atoms with Crippen molar-refractivity contribution in [3.05, 3.63) is 0 Å². The summed E-state index contributed by atoms with van der Waals surface area (Å²) in [6, 6.07) is -0.314. The van der Waals surface area contributed by atoms with Crippen molar-refractivity contribution in [1.29, 1.82) is 0 Å². The third-order valence-electron chi connectivity index (χ3n) is 1.38. The lowest BCUT2D eigenvalue weighted by Crippen LogP contribution is -2.38. The van der Waals surface area contributed by atoms with Crippen molar-refractivity contribution in [2.45, 2.75) is 25.4 Å². The number of nitrogens with two attached hydrogens (primary N) is 3. The molecule has 72 valence electrons. The molecule has 0 heterocycles. The van der Waals surface area contributed by atoms with Crippen LogP contribution in [0.2, 0.25) is 0 Å². The van der Waals surface area contributed by atoms with Crippen LogP contribution in [0.25, 0.3) is 0 Å². The highest BCUT2D eigenvalue weighted by molar-refractivity contribution is 7.99. The van der Waals surface area contributed by atoms with Gasteiger partial charge in [-0.15, -0.1) is 0 Å². The molecule has 0 radical (unpaired) electrons. The first kappa shape index (κ1) is 11.7. The zero-order chi connectivity index (χ0) is 9.56. The maximum absolute atomic E-state index is 10.5. The van der Waals surface area contributed by atoms with Crippen LogP contribution in [0.4, 0.5) is 0 Å². The van der Waals surface area contributed by atoms with Gasteiger partial charge in [0.1, 0.15) is 0 Å². The molecule has 0 spiro atoms. The van der Waals surface area contributed by atoms with Gasteiger partial charge in [-0.2, -0.15) is 11.8 Å². The second kappa shape index (κ2) is 6.28. The molecule has 0 aromatic heterocycles. The van der Waals surface area contributed by atoms with Crippen molar-refractivity contribution in [3.63, 3.8) is 0 Å². The van der Waals surface area contributed by atoms with Crippen LogP contribution in [-0.4, -0.2) is 29.5 Å². The molecular formula is C7H17N3OS. The highest BCUT2D eigenvalue weighted by Crippen LogP contribution is 2.04. The van der Waals surface area contributed by atoms with Gasteiger partial charge in [-0.05, 0) is 19.1 Å². The zero-order valence-corrected chi connectivity index (χ0v) is 8.14. The molecule has 6 N–H and O–H groups in total. The molecule has 0 aliphatic carbocycles. The standard InChI is InChI=1S/C7H17N3OS/c1-5(8)2-3-12-4-6(9)7(10)11/h5-6H,2-4,8-9H2,1H3,(H2,10,11). The summed E-state index contributed by atoms with van der Waals surface area (Å²) in [5.41, 5.74) is 15.9. The normalized spacial score (nSPS) is 15.6. The van der Waals surface area contributed by atoms with Gasteiger partial charge in [-0.1, -0.05) is 0 Å². The van der Waals surface area contributed by atoms with E-state index in [1.165, 1.54) is 0 Å². The van der Waals surface area contributed by atoms with Crippen molar-refractivity contribution in [2.24, 2.45) is 17.2 Å². The predicted octanol–water partition coefficient (Wildman–Crippen LogP) is -0.730. The number of primary amides is 1. The number of amides is 1. The fourth-order valence-electron chi connectivity index (χ4n) is 0.562. The van der Waals surface area contributed by atoms with Gasteiger partial charge < -0.3 is 17.2 Å². The molecule has 0 rings (SSSR count). The molecule has 0 aromatic carbocycles. The largest absolute Gasteiger partial charge is 0.368 e. The molecule has 4 nitrogen and oxygen atoms in total. The molecule has 5 heteroatoms. The first-order chi connectivity index (χ1) is 5.54. The van der Waals surface area contributed by atoms with Crippen LogP contribution in [0.5, 0.6) is 0 Å². The minimum absolute atomic E-state index is 0.210. The maximum Gasteiger partial charge on any atom is 0.235 e. The number of thioether (sulfide) groups is 1. The van der Waals surface area contributed by atoms with E-state index in [2.05, 4.69) is 0 Å². The summed E-state index contributed by atoms with van der Waals surface area (Å²) < 4.78 is 0. The fraction of sp³-hybridized carbons (Fsp3) is 0.857. The Kier molecular flexibility index (Phi) is 6.14. The number of carbonyl (C=O) groups is 1. The number of hydrogen-bond donors (Lipinski definition) is 3. The maximum atomic E-state index is 10.5. The van der Waals surface area contributed by atoms with Crippen LogP contribution >= 0.6 is 11.8 Å². The topological polar surface area (TPSA) is 95.1 Å². The first-order valence-electron chi connectivity index (χ1n) is 3.92. The van der Waals surface area contributed by atoms with Crippen LogP contribution in [0, 0.1) is 0 Å². The molecular weight excluding hydrogens is 174 g/mol. The Morgan fingerprint density at radius 2 is 2.08 bits per heavy atom. The van der Waals surface area contributed by atoms with Gasteiger partial charge in [-0.3, -0.25) is 4.79 Å². The van der Waals surface area contributed by atoms with E-state index in [0.717, 1.165) is 12.2 Å². The summed E-state index contributed by atoms with van der Waals surface area (Å²) in [6.07, 6.45) is 0.941. The van der Waals surface area contributed by atoms with Crippen LogP contribution in [0.3, 0.4) is 0 Å². The number of hydrogen-bond acceptors (Lipinski definition) is 4. The Balaban J connectivity index is 3.25. The monoisotopic (exact) mass is 191 g/mol. The molecule has 1 amide bonds. The highest BCUT2D eigenvalue weighted by Gasteiger charge is 2.08. The van der Waals surface area contributed by atoms with E-state index < -0.39 is 11.9 Å². The lowest BCUT2D eigenvalue weighted by atomic mass is 10.3. The van der Waals surface area contributed by atoms with Gasteiger partial charge in [0.2, 0.25) is 5.91 Å². The van der Waals surface area contributed by atoms with Crippen LogP contribution in [0.1, 0.15) is 13.3 Å². The van der Waals surface area contributed by atoms with Crippen molar-refractivity contribution < 1.29 is 4.79 Å². The SMILES string of the molecule is CC(N)CCSCC(N)C(N)=O. The van der Waals surface area contributed by atoms with Crippen LogP contribution in [0.15, 0.2) is 0 Å². The second-order valence-electron chi connectivity index (χ2n) is 2.85. The van der Waals surface area contributed by atoms with Crippen LogP contribution < -0.4 is 17.2 Å². The summed E-state index contributed by atoms with van der Waals surface area (Å²) in [7, 11) is 0. The van der Waals surface area contributed by atoms with Gasteiger partial charge in [0.05, 0.1) is 6.04 Å². The minimum Gasteiger partial charge on any atom is -0.368 e. The third kappa shape index (κ3) is 6.45. The van der Waals surface area contributed by atoms with Crippen molar-refractivity contribution in [2.75, 3.05) is 11.5 Å². The second-order valence-corrected chi connectivity index (χ2v) is 4.00. The molecule has 0 aromatic rings. The summed E-state index contributed by atoms with van der Waals surface area (Å²) in [6.45, 7) is 1.95. The molecule has 2 unspecified atom stereocenters. The highest BCUT2D eigenvalue weighted by atomic mass is 32.2. The van der Waals surface area contributed by atoms with Crippen molar-refractivity contribution in [3.8, 4) is 0 Å². The van der Waals surface area contributed by atoms with E-state index >= 15 is 0 Å². The Morgan fingerprint density at radius 3 is 2.50 bits per heavy atom. The van der Waals surface area contributed by atoms with Gasteiger partial charge in [0.15, 0.2) is 0 Å². The van der Waals surface area contributed by atoms with E-state index in [4.69, 9.17) is 17.2 Å². The first-order valence-corrected chi connectivity index (χ1v) is 5.07. The molecule has 0 aliphatic rings. The Bertz CT molecular complexity index is 141. The van der Waals surface area contributed by atoms with E-state index in [-0.39, 0.29) is 6.04 Å². The van der Waals surface area contributed by atoms with Crippen molar-refractivity contribution in [1.82, 2.24) is 0 Å². The van der Waals surface area contributed by atoms with Gasteiger partial charge in [0.25, 0.3) is 0 Å². The zero-order valence-electron chi connectivity index (χ0n) is 7.32. The number of rotatable bonds is 6. The molecule has 0 saturated carbocycles. The summed E-state index contributed by atoms with van der Waals surface area (Å²) in [5, 5.41) is 0. The third-order valence-corrected chi connectivity index (χ3v) is 2.50. The van der Waals surface area contributed by atoms with Gasteiger partial charge >= 0.3 is 0 Å². The van der Waals surface area contributed by atoms with E-state index in [1.54, 1.807) is 11.8 Å². The van der Waals surface area contributed by atoms with Crippen molar-refractivity contribution >= 4 is 17.7 Å². The summed E-state index contributed by atoms with van der Waals surface area (Å²) in [4.78, 5) is 10.5. The smallest absolute Gasteiger partial charge is 0.235 e. The lowest BCUT2D eigenvalue weighted by molar-refractivity contribution is -0.118. The van der Waals surface area contributed by atoms with Crippen LogP contribution in [-0.2, 0) is 4.79 Å². The molecule has 0 saturated heterocycles. The summed E-state index contributed by atoms with van der Waals surface area (Å²) in [5.74, 6) is 1.07. The lowest BCUT2D eigenvalue weighted by Gasteiger charge is -2.07. The summed E-state index contributed by atoms with van der Waals surface area (Å²) >= 11 is 1.61. The fourth-order valence-corrected chi connectivity index (χ4v) is 1.68. The molecule has 0 fully saturated rings. The van der Waals surface area contributed by atoms with Gasteiger partial charge in [0, 0.05) is 11.8 Å².